The van der Waals surface area contributed by atoms with Gasteiger partial charge in [0, 0.05) is 11.1 Å². The van der Waals surface area contributed by atoms with E-state index in [2.05, 4.69) is 4.74 Å². The van der Waals surface area contributed by atoms with Crippen LogP contribution in [0.4, 0.5) is 8.78 Å². The molecule has 1 N–H and O–H groups in total. The molecule has 0 unspecified atom stereocenters. The topological polar surface area (TPSA) is 63.6 Å². The van der Waals surface area contributed by atoms with Gasteiger partial charge in [-0.2, -0.15) is 0 Å². The monoisotopic (exact) mass is 292 g/mol. The van der Waals surface area contributed by atoms with E-state index in [-0.39, 0.29) is 22.3 Å². The van der Waals surface area contributed by atoms with Crippen LogP contribution in [0.2, 0.25) is 0 Å². The number of carboxylic acid groups (broad SMARTS) is 1. The predicted molar refractivity (Wildman–Crippen MR) is 70.1 cm³/mol. The van der Waals surface area contributed by atoms with Crippen LogP contribution in [0.15, 0.2) is 36.4 Å². The second kappa shape index (κ2) is 5.70. The molecular weight excluding hydrogens is 282 g/mol. The minimum absolute atomic E-state index is 0.0366. The van der Waals surface area contributed by atoms with Crippen molar-refractivity contribution in [1.82, 2.24) is 0 Å². The number of methoxy groups -OCH3 is 1. The van der Waals surface area contributed by atoms with Crippen LogP contribution in [-0.2, 0) is 4.74 Å². The molecule has 0 saturated carbocycles. The predicted octanol–water partition coefficient (Wildman–Crippen LogP) is 3.12. The summed E-state index contributed by atoms with van der Waals surface area (Å²) in [5.74, 6) is -3.51. The number of hydrogen-bond donors (Lipinski definition) is 1. The molecule has 21 heavy (non-hydrogen) atoms. The van der Waals surface area contributed by atoms with Crippen molar-refractivity contribution in [3.05, 3.63) is 59.2 Å². The number of esters is 1. The van der Waals surface area contributed by atoms with Gasteiger partial charge in [-0.3, -0.25) is 0 Å². The van der Waals surface area contributed by atoms with Crippen LogP contribution >= 0.6 is 0 Å². The molecule has 0 spiro atoms. The van der Waals surface area contributed by atoms with E-state index in [1.165, 1.54) is 6.07 Å². The number of ether oxygens (including phenoxy) is 1. The molecule has 2 aromatic carbocycles. The Morgan fingerprint density at radius 2 is 1.76 bits per heavy atom. The maximum atomic E-state index is 13.9. The first kappa shape index (κ1) is 14.6. The third kappa shape index (κ3) is 2.89. The minimum atomic E-state index is -1.33. The first-order valence-corrected chi connectivity index (χ1v) is 5.85. The van der Waals surface area contributed by atoms with Crippen LogP contribution < -0.4 is 0 Å². The normalized spacial score (nSPS) is 10.2. The lowest BCUT2D eigenvalue weighted by molar-refractivity contribution is 0.0600. The standard InChI is InChI=1S/C15H10F2O4/c1-21-15(20)8-2-5-13(17)12(6-8)11-7-9(16)3-4-10(11)14(18)19/h2-7H,1H3,(H,18,19). The second-order valence-electron chi connectivity index (χ2n) is 4.18. The third-order valence-corrected chi connectivity index (χ3v) is 2.89. The maximum absolute atomic E-state index is 13.9. The van der Waals surface area contributed by atoms with Gasteiger partial charge in [-0.25, -0.2) is 18.4 Å². The van der Waals surface area contributed by atoms with E-state index in [1.54, 1.807) is 0 Å². The summed E-state index contributed by atoms with van der Waals surface area (Å²) >= 11 is 0. The summed E-state index contributed by atoms with van der Waals surface area (Å²) in [6.07, 6.45) is 0. The Morgan fingerprint density at radius 3 is 2.38 bits per heavy atom. The molecule has 0 amide bonds. The lowest BCUT2D eigenvalue weighted by Crippen LogP contribution is -2.04. The average molecular weight is 292 g/mol. The highest BCUT2D eigenvalue weighted by molar-refractivity contribution is 5.97. The van der Waals surface area contributed by atoms with E-state index >= 15 is 0 Å². The smallest absolute Gasteiger partial charge is 0.337 e. The molecule has 0 radical (unpaired) electrons. The van der Waals surface area contributed by atoms with Gasteiger partial charge < -0.3 is 9.84 Å². The van der Waals surface area contributed by atoms with Gasteiger partial charge in [0.1, 0.15) is 11.6 Å². The first-order chi connectivity index (χ1) is 9.93. The molecule has 2 aromatic rings. The number of halogens is 2. The highest BCUT2D eigenvalue weighted by Crippen LogP contribution is 2.28. The second-order valence-corrected chi connectivity index (χ2v) is 4.18. The molecule has 0 aliphatic carbocycles. The van der Waals surface area contributed by atoms with Gasteiger partial charge >= 0.3 is 11.9 Å². The highest BCUT2D eigenvalue weighted by atomic mass is 19.1. The fourth-order valence-electron chi connectivity index (χ4n) is 1.90. The number of benzene rings is 2. The van der Waals surface area contributed by atoms with E-state index in [4.69, 9.17) is 5.11 Å². The number of rotatable bonds is 3. The molecule has 0 bridgehead atoms. The Morgan fingerprint density at radius 1 is 1.05 bits per heavy atom. The Balaban J connectivity index is 2.69. The summed E-state index contributed by atoms with van der Waals surface area (Å²) in [7, 11) is 1.16. The van der Waals surface area contributed by atoms with E-state index < -0.39 is 23.6 Å². The number of carboxylic acids is 1. The van der Waals surface area contributed by atoms with Crippen LogP contribution in [0, 0.1) is 11.6 Å². The molecule has 0 aliphatic rings. The van der Waals surface area contributed by atoms with E-state index in [0.29, 0.717) is 0 Å². The Bertz CT molecular complexity index is 726. The first-order valence-electron chi connectivity index (χ1n) is 5.85. The van der Waals surface area contributed by atoms with Crippen molar-refractivity contribution in [1.29, 1.82) is 0 Å². The van der Waals surface area contributed by atoms with Gasteiger partial charge in [0.05, 0.1) is 18.2 Å². The maximum Gasteiger partial charge on any atom is 0.337 e. The van der Waals surface area contributed by atoms with Gasteiger partial charge in [0.25, 0.3) is 0 Å². The Hall–Kier alpha value is -2.76. The van der Waals surface area contributed by atoms with Crippen LogP contribution in [0.3, 0.4) is 0 Å². The van der Waals surface area contributed by atoms with Crippen LogP contribution in [-0.4, -0.2) is 24.2 Å². The quantitative estimate of drug-likeness (QED) is 0.883. The van der Waals surface area contributed by atoms with Crippen molar-refractivity contribution in [3.8, 4) is 11.1 Å². The molecule has 0 fully saturated rings. The minimum Gasteiger partial charge on any atom is -0.478 e. The average Bonchev–Trinajstić information content (AvgIpc) is 2.46. The summed E-state index contributed by atoms with van der Waals surface area (Å²) in [5.41, 5.74) is -0.563. The van der Waals surface area contributed by atoms with E-state index in [1.807, 2.05) is 0 Å². The molecule has 6 heteroatoms. The molecule has 0 aromatic heterocycles. The molecule has 0 aliphatic heterocycles. The van der Waals surface area contributed by atoms with Crippen LogP contribution in [0.1, 0.15) is 20.7 Å². The number of aromatic carboxylic acids is 1. The van der Waals surface area contributed by atoms with E-state index in [0.717, 1.165) is 37.4 Å². The lowest BCUT2D eigenvalue weighted by atomic mass is 9.97. The fraction of sp³-hybridized carbons (Fsp3) is 0.0667. The SMILES string of the molecule is COC(=O)c1ccc(F)c(-c2cc(F)ccc2C(=O)O)c1. The number of carbonyl (C=O) groups is 2. The number of hydrogen-bond acceptors (Lipinski definition) is 3. The molecule has 0 saturated heterocycles. The van der Waals surface area contributed by atoms with Crippen molar-refractivity contribution < 1.29 is 28.2 Å². The van der Waals surface area contributed by atoms with Crippen LogP contribution in [0.5, 0.6) is 0 Å². The van der Waals surface area contributed by atoms with Gasteiger partial charge in [-0.05, 0) is 36.4 Å². The Labute approximate surface area is 118 Å². The van der Waals surface area contributed by atoms with Gasteiger partial charge in [0.2, 0.25) is 0 Å². The summed E-state index contributed by atoms with van der Waals surface area (Å²) in [6, 6.07) is 6.24. The van der Waals surface area contributed by atoms with Gasteiger partial charge in [0.15, 0.2) is 0 Å². The third-order valence-electron chi connectivity index (χ3n) is 2.89. The van der Waals surface area contributed by atoms with Crippen molar-refractivity contribution in [2.45, 2.75) is 0 Å². The van der Waals surface area contributed by atoms with Crippen molar-refractivity contribution in [2.24, 2.45) is 0 Å². The molecule has 4 nitrogen and oxygen atoms in total. The Kier molecular flexibility index (Phi) is 3.98. The fourth-order valence-corrected chi connectivity index (χ4v) is 1.90. The molecule has 0 atom stereocenters. The zero-order valence-electron chi connectivity index (χ0n) is 10.9. The van der Waals surface area contributed by atoms with Crippen molar-refractivity contribution in [2.75, 3.05) is 7.11 Å². The molecule has 108 valence electrons. The molecule has 0 heterocycles. The highest BCUT2D eigenvalue weighted by Gasteiger charge is 2.18. The zero-order valence-corrected chi connectivity index (χ0v) is 10.9. The van der Waals surface area contributed by atoms with Gasteiger partial charge in [-0.15, -0.1) is 0 Å². The summed E-state index contributed by atoms with van der Waals surface area (Å²) in [6.45, 7) is 0. The largest absolute Gasteiger partial charge is 0.478 e. The zero-order chi connectivity index (χ0) is 15.6. The summed E-state index contributed by atoms with van der Waals surface area (Å²) < 4.78 is 31.8. The number of carbonyl (C=O) groups excluding carboxylic acids is 1. The van der Waals surface area contributed by atoms with Crippen LogP contribution in [0.25, 0.3) is 11.1 Å². The summed E-state index contributed by atoms with van der Waals surface area (Å²) in [5, 5.41) is 9.10. The summed E-state index contributed by atoms with van der Waals surface area (Å²) in [4.78, 5) is 22.6. The van der Waals surface area contributed by atoms with E-state index in [9.17, 15) is 18.4 Å². The molecular formula is C15H10F2O4. The molecule has 2 rings (SSSR count). The lowest BCUT2D eigenvalue weighted by Gasteiger charge is -2.09. The van der Waals surface area contributed by atoms with Crippen molar-refractivity contribution >= 4 is 11.9 Å². The van der Waals surface area contributed by atoms with Gasteiger partial charge in [-0.1, -0.05) is 0 Å². The van der Waals surface area contributed by atoms with Crippen molar-refractivity contribution in [3.63, 3.8) is 0 Å².